The third kappa shape index (κ3) is 6.59. The van der Waals surface area contributed by atoms with Gasteiger partial charge in [0.05, 0.1) is 6.61 Å². The third-order valence-corrected chi connectivity index (χ3v) is 2.46. The zero-order valence-corrected chi connectivity index (χ0v) is 10.2. The Morgan fingerprint density at radius 2 is 1.81 bits per heavy atom. The lowest BCUT2D eigenvalue weighted by atomic mass is 10.2. The van der Waals surface area contributed by atoms with Gasteiger partial charge in [0.25, 0.3) is 0 Å². The van der Waals surface area contributed by atoms with Crippen LogP contribution >= 0.6 is 0 Å². The van der Waals surface area contributed by atoms with Crippen LogP contribution < -0.4 is 5.32 Å². The van der Waals surface area contributed by atoms with Gasteiger partial charge in [-0.05, 0) is 31.5 Å². The number of hydrogen-bond donors (Lipinski definition) is 1. The van der Waals surface area contributed by atoms with Crippen molar-refractivity contribution in [3.8, 4) is 0 Å². The zero-order valence-electron chi connectivity index (χ0n) is 10.2. The Bertz CT molecular complexity index is 248. The molecule has 0 aliphatic rings. The van der Waals surface area contributed by atoms with Crippen molar-refractivity contribution in [3.05, 3.63) is 35.9 Å². The Kier molecular flexibility index (Phi) is 7.74. The lowest BCUT2D eigenvalue weighted by Crippen LogP contribution is -2.17. The molecule has 0 saturated heterocycles. The van der Waals surface area contributed by atoms with Crippen LogP contribution in [0.4, 0.5) is 0 Å². The average molecular weight is 221 g/mol. The SMILES string of the molecule is CCCCNCCCOCc1ccccc1. The van der Waals surface area contributed by atoms with E-state index in [-0.39, 0.29) is 0 Å². The van der Waals surface area contributed by atoms with E-state index in [9.17, 15) is 0 Å². The van der Waals surface area contributed by atoms with Crippen LogP contribution in [0.2, 0.25) is 0 Å². The summed E-state index contributed by atoms with van der Waals surface area (Å²) in [7, 11) is 0. The fourth-order valence-corrected chi connectivity index (χ4v) is 1.49. The van der Waals surface area contributed by atoms with Gasteiger partial charge in [0.15, 0.2) is 0 Å². The number of ether oxygens (including phenoxy) is 1. The maximum absolute atomic E-state index is 5.59. The van der Waals surface area contributed by atoms with Crippen molar-refractivity contribution in [1.29, 1.82) is 0 Å². The lowest BCUT2D eigenvalue weighted by molar-refractivity contribution is 0.118. The summed E-state index contributed by atoms with van der Waals surface area (Å²) in [5.41, 5.74) is 1.25. The van der Waals surface area contributed by atoms with E-state index in [0.717, 1.165) is 32.7 Å². The molecule has 0 unspecified atom stereocenters. The Morgan fingerprint density at radius 1 is 1.06 bits per heavy atom. The summed E-state index contributed by atoms with van der Waals surface area (Å²) in [6.07, 6.45) is 3.62. The highest BCUT2D eigenvalue weighted by molar-refractivity contribution is 5.13. The van der Waals surface area contributed by atoms with Crippen molar-refractivity contribution in [2.75, 3.05) is 19.7 Å². The maximum Gasteiger partial charge on any atom is 0.0716 e. The Balaban J connectivity index is 1.89. The van der Waals surface area contributed by atoms with Gasteiger partial charge in [-0.2, -0.15) is 0 Å². The highest BCUT2D eigenvalue weighted by atomic mass is 16.5. The number of benzene rings is 1. The quantitative estimate of drug-likeness (QED) is 0.647. The fraction of sp³-hybridized carbons (Fsp3) is 0.571. The van der Waals surface area contributed by atoms with Gasteiger partial charge in [-0.15, -0.1) is 0 Å². The standard InChI is InChI=1S/C14H23NO/c1-2-3-10-15-11-7-12-16-13-14-8-5-4-6-9-14/h4-6,8-9,15H,2-3,7,10-13H2,1H3. The third-order valence-electron chi connectivity index (χ3n) is 2.46. The molecule has 0 fully saturated rings. The first kappa shape index (κ1) is 13.2. The zero-order chi connectivity index (χ0) is 11.5. The first-order valence-corrected chi connectivity index (χ1v) is 6.26. The molecule has 0 aromatic heterocycles. The Labute approximate surface area is 99.0 Å². The second-order valence-electron chi connectivity index (χ2n) is 4.00. The molecule has 0 atom stereocenters. The summed E-state index contributed by atoms with van der Waals surface area (Å²) in [5, 5.41) is 3.40. The van der Waals surface area contributed by atoms with Gasteiger partial charge in [0, 0.05) is 6.61 Å². The van der Waals surface area contributed by atoms with Crippen LogP contribution in [0, 0.1) is 0 Å². The van der Waals surface area contributed by atoms with Gasteiger partial charge in [-0.1, -0.05) is 43.7 Å². The van der Waals surface area contributed by atoms with E-state index < -0.39 is 0 Å². The fourth-order valence-electron chi connectivity index (χ4n) is 1.49. The second-order valence-corrected chi connectivity index (χ2v) is 4.00. The molecule has 2 nitrogen and oxygen atoms in total. The van der Waals surface area contributed by atoms with Crippen LogP contribution in [0.1, 0.15) is 31.7 Å². The van der Waals surface area contributed by atoms with Crippen LogP contribution in [0.5, 0.6) is 0 Å². The molecular weight excluding hydrogens is 198 g/mol. The number of hydrogen-bond acceptors (Lipinski definition) is 2. The summed E-state index contributed by atoms with van der Waals surface area (Å²) in [6.45, 7) is 5.98. The average Bonchev–Trinajstić information content (AvgIpc) is 2.34. The molecule has 0 amide bonds. The summed E-state index contributed by atoms with van der Waals surface area (Å²) < 4.78 is 5.59. The van der Waals surface area contributed by atoms with E-state index in [2.05, 4.69) is 24.4 Å². The van der Waals surface area contributed by atoms with Crippen molar-refractivity contribution < 1.29 is 4.74 Å². The highest BCUT2D eigenvalue weighted by Crippen LogP contribution is 2.00. The highest BCUT2D eigenvalue weighted by Gasteiger charge is 1.92. The molecule has 0 radical (unpaired) electrons. The minimum absolute atomic E-state index is 0.732. The Morgan fingerprint density at radius 3 is 2.56 bits per heavy atom. The molecule has 1 N–H and O–H groups in total. The normalized spacial score (nSPS) is 10.6. The summed E-state index contributed by atoms with van der Waals surface area (Å²) in [4.78, 5) is 0. The van der Waals surface area contributed by atoms with Crippen molar-refractivity contribution >= 4 is 0 Å². The van der Waals surface area contributed by atoms with Gasteiger partial charge in [-0.25, -0.2) is 0 Å². The van der Waals surface area contributed by atoms with Crippen LogP contribution in [0.25, 0.3) is 0 Å². The molecule has 16 heavy (non-hydrogen) atoms. The molecule has 0 spiro atoms. The summed E-state index contributed by atoms with van der Waals surface area (Å²) in [5.74, 6) is 0. The topological polar surface area (TPSA) is 21.3 Å². The number of unbranched alkanes of at least 4 members (excludes halogenated alkanes) is 1. The van der Waals surface area contributed by atoms with Crippen molar-refractivity contribution in [2.45, 2.75) is 32.8 Å². The van der Waals surface area contributed by atoms with Gasteiger partial charge in [-0.3, -0.25) is 0 Å². The largest absolute Gasteiger partial charge is 0.377 e. The molecule has 90 valence electrons. The van der Waals surface area contributed by atoms with Crippen molar-refractivity contribution in [2.24, 2.45) is 0 Å². The van der Waals surface area contributed by atoms with Gasteiger partial charge in [0.2, 0.25) is 0 Å². The van der Waals surface area contributed by atoms with E-state index in [4.69, 9.17) is 4.74 Å². The number of rotatable bonds is 9. The lowest BCUT2D eigenvalue weighted by Gasteiger charge is -2.05. The molecule has 1 rings (SSSR count). The van der Waals surface area contributed by atoms with E-state index in [0.29, 0.717) is 0 Å². The van der Waals surface area contributed by atoms with E-state index in [1.165, 1.54) is 18.4 Å². The van der Waals surface area contributed by atoms with E-state index in [1.807, 2.05) is 18.2 Å². The molecule has 0 bridgehead atoms. The van der Waals surface area contributed by atoms with Crippen LogP contribution in [0.15, 0.2) is 30.3 Å². The second kappa shape index (κ2) is 9.37. The minimum atomic E-state index is 0.732. The molecule has 1 aromatic rings. The van der Waals surface area contributed by atoms with Crippen LogP contribution in [-0.4, -0.2) is 19.7 Å². The predicted molar refractivity (Wildman–Crippen MR) is 68.5 cm³/mol. The summed E-state index contributed by atoms with van der Waals surface area (Å²) >= 11 is 0. The van der Waals surface area contributed by atoms with Crippen molar-refractivity contribution in [3.63, 3.8) is 0 Å². The van der Waals surface area contributed by atoms with E-state index in [1.54, 1.807) is 0 Å². The molecule has 0 aliphatic carbocycles. The van der Waals surface area contributed by atoms with Gasteiger partial charge < -0.3 is 10.1 Å². The molecule has 0 saturated carbocycles. The van der Waals surface area contributed by atoms with E-state index >= 15 is 0 Å². The van der Waals surface area contributed by atoms with Crippen LogP contribution in [-0.2, 0) is 11.3 Å². The monoisotopic (exact) mass is 221 g/mol. The molecular formula is C14H23NO. The molecule has 1 aromatic carbocycles. The Hall–Kier alpha value is -0.860. The maximum atomic E-state index is 5.59. The van der Waals surface area contributed by atoms with Crippen molar-refractivity contribution in [1.82, 2.24) is 5.32 Å². The molecule has 2 heteroatoms. The number of nitrogens with one attached hydrogen (secondary N) is 1. The van der Waals surface area contributed by atoms with Gasteiger partial charge >= 0.3 is 0 Å². The first-order chi connectivity index (χ1) is 7.93. The van der Waals surface area contributed by atoms with Gasteiger partial charge in [0.1, 0.15) is 0 Å². The molecule has 0 aliphatic heterocycles. The smallest absolute Gasteiger partial charge is 0.0716 e. The molecule has 0 heterocycles. The van der Waals surface area contributed by atoms with Crippen LogP contribution in [0.3, 0.4) is 0 Å². The first-order valence-electron chi connectivity index (χ1n) is 6.26. The minimum Gasteiger partial charge on any atom is -0.377 e. The summed E-state index contributed by atoms with van der Waals surface area (Å²) in [6, 6.07) is 10.3. The predicted octanol–water partition coefficient (Wildman–Crippen LogP) is 2.98.